The first kappa shape index (κ1) is 15.6. The van der Waals surface area contributed by atoms with Crippen LogP contribution < -0.4 is 15.5 Å². The second-order valence-corrected chi connectivity index (χ2v) is 7.34. The predicted molar refractivity (Wildman–Crippen MR) is 92.8 cm³/mol. The zero-order valence-corrected chi connectivity index (χ0v) is 14.0. The van der Waals surface area contributed by atoms with E-state index >= 15 is 0 Å². The molecule has 0 unspecified atom stereocenters. The number of para-hydroxylation sites is 1. The first-order valence-electron chi connectivity index (χ1n) is 9.08. The number of carbonyl (C=O) groups is 2. The molecule has 4 rings (SSSR count). The van der Waals surface area contributed by atoms with Crippen LogP contribution in [0.1, 0.15) is 31.2 Å². The van der Waals surface area contributed by atoms with Gasteiger partial charge in [0, 0.05) is 18.8 Å². The maximum Gasteiger partial charge on any atom is 0.246 e. The summed E-state index contributed by atoms with van der Waals surface area (Å²) in [5.74, 6) is 0.481. The molecule has 2 amide bonds. The maximum absolute atomic E-state index is 12.8. The van der Waals surface area contributed by atoms with Gasteiger partial charge >= 0.3 is 0 Å². The highest BCUT2D eigenvalue weighted by atomic mass is 16.2. The van der Waals surface area contributed by atoms with Gasteiger partial charge in [-0.1, -0.05) is 31.0 Å². The van der Waals surface area contributed by atoms with Crippen LogP contribution in [-0.4, -0.2) is 38.0 Å². The Balaban J connectivity index is 1.40. The van der Waals surface area contributed by atoms with E-state index in [1.807, 2.05) is 18.2 Å². The van der Waals surface area contributed by atoms with Crippen molar-refractivity contribution in [3.8, 4) is 0 Å². The predicted octanol–water partition coefficient (Wildman–Crippen LogP) is 1.47. The van der Waals surface area contributed by atoms with Crippen LogP contribution in [0.4, 0.5) is 5.69 Å². The normalized spacial score (nSPS) is 28.3. The highest BCUT2D eigenvalue weighted by Crippen LogP contribution is 2.43. The molecular weight excluding hydrogens is 302 g/mol. The Labute approximate surface area is 142 Å². The number of amides is 2. The molecule has 0 aromatic heterocycles. The molecule has 0 radical (unpaired) electrons. The molecule has 1 aliphatic carbocycles. The summed E-state index contributed by atoms with van der Waals surface area (Å²) >= 11 is 0. The van der Waals surface area contributed by atoms with Crippen molar-refractivity contribution >= 4 is 17.5 Å². The monoisotopic (exact) mass is 327 g/mol. The molecule has 128 valence electrons. The van der Waals surface area contributed by atoms with Crippen molar-refractivity contribution in [1.29, 1.82) is 0 Å². The van der Waals surface area contributed by atoms with Gasteiger partial charge in [-0.2, -0.15) is 0 Å². The highest BCUT2D eigenvalue weighted by Gasteiger charge is 2.49. The molecule has 2 aliphatic heterocycles. The lowest BCUT2D eigenvalue weighted by molar-refractivity contribution is -0.135. The molecule has 3 aliphatic rings. The first-order valence-corrected chi connectivity index (χ1v) is 9.08. The van der Waals surface area contributed by atoms with Crippen LogP contribution >= 0.6 is 0 Å². The minimum atomic E-state index is -0.290. The number of rotatable bonds is 3. The van der Waals surface area contributed by atoms with E-state index in [4.69, 9.17) is 0 Å². The lowest BCUT2D eigenvalue weighted by Gasteiger charge is -2.37. The molecule has 1 saturated heterocycles. The summed E-state index contributed by atoms with van der Waals surface area (Å²) in [6.07, 6.45) is 5.28. The standard InChI is InChI=1S/C19H25N3O2/c23-17(22-10-8-14-5-1-2-7-16(14)22)12-21-18(24)19-9-4-3-6-15(19)11-20-13-19/h1-2,5,7,15,20H,3-4,6,8-13H2,(H,21,24)/t15-,19+/m0/s1. The number of anilines is 1. The van der Waals surface area contributed by atoms with Crippen LogP contribution in [0.15, 0.2) is 24.3 Å². The third-order valence-electron chi connectivity index (χ3n) is 6.08. The number of benzene rings is 1. The average molecular weight is 327 g/mol. The SMILES string of the molecule is O=C(CNC(=O)[C@@]12CCCC[C@H]1CNC2)N1CCc2ccccc21. The molecule has 2 fully saturated rings. The van der Waals surface area contributed by atoms with E-state index in [1.54, 1.807) is 4.90 Å². The van der Waals surface area contributed by atoms with Crippen molar-refractivity contribution < 1.29 is 9.59 Å². The molecular formula is C19H25N3O2. The summed E-state index contributed by atoms with van der Waals surface area (Å²) in [5.41, 5.74) is 1.91. The van der Waals surface area contributed by atoms with Crippen LogP contribution in [0.3, 0.4) is 0 Å². The molecule has 0 spiro atoms. The summed E-state index contributed by atoms with van der Waals surface area (Å²) < 4.78 is 0. The Morgan fingerprint density at radius 2 is 2.17 bits per heavy atom. The topological polar surface area (TPSA) is 61.4 Å². The van der Waals surface area contributed by atoms with Gasteiger partial charge in [0.05, 0.1) is 12.0 Å². The number of hydrogen-bond donors (Lipinski definition) is 2. The number of fused-ring (bicyclic) bond motifs is 2. The summed E-state index contributed by atoms with van der Waals surface area (Å²) in [6, 6.07) is 8.01. The second-order valence-electron chi connectivity index (χ2n) is 7.34. The third kappa shape index (κ3) is 2.51. The summed E-state index contributed by atoms with van der Waals surface area (Å²) in [4.78, 5) is 27.2. The Hall–Kier alpha value is -1.88. The van der Waals surface area contributed by atoms with Crippen molar-refractivity contribution in [2.75, 3.05) is 31.1 Å². The van der Waals surface area contributed by atoms with E-state index in [-0.39, 0.29) is 23.8 Å². The average Bonchev–Trinajstić information content (AvgIpc) is 3.24. The fraction of sp³-hybridized carbons (Fsp3) is 0.579. The minimum Gasteiger partial charge on any atom is -0.346 e. The molecule has 1 aromatic carbocycles. The van der Waals surface area contributed by atoms with Gasteiger partial charge in [0.25, 0.3) is 0 Å². The number of carbonyl (C=O) groups excluding carboxylic acids is 2. The molecule has 5 heteroatoms. The van der Waals surface area contributed by atoms with E-state index in [2.05, 4.69) is 16.7 Å². The summed E-state index contributed by atoms with van der Waals surface area (Å²) in [5, 5.41) is 6.34. The van der Waals surface area contributed by atoms with Crippen molar-refractivity contribution in [3.05, 3.63) is 29.8 Å². The molecule has 5 nitrogen and oxygen atoms in total. The Bertz CT molecular complexity index is 660. The van der Waals surface area contributed by atoms with Crippen LogP contribution in [0.5, 0.6) is 0 Å². The second kappa shape index (κ2) is 6.20. The highest BCUT2D eigenvalue weighted by molar-refractivity contribution is 5.99. The quantitative estimate of drug-likeness (QED) is 0.884. The summed E-state index contributed by atoms with van der Waals surface area (Å²) in [7, 11) is 0. The Kier molecular flexibility index (Phi) is 4.04. The van der Waals surface area contributed by atoms with Crippen LogP contribution in [0, 0.1) is 11.3 Å². The van der Waals surface area contributed by atoms with E-state index in [0.717, 1.165) is 44.5 Å². The van der Waals surface area contributed by atoms with Gasteiger partial charge < -0.3 is 15.5 Å². The lowest BCUT2D eigenvalue weighted by atomic mass is 9.67. The van der Waals surface area contributed by atoms with Gasteiger partial charge in [-0.3, -0.25) is 9.59 Å². The minimum absolute atomic E-state index is 0.0111. The van der Waals surface area contributed by atoms with Crippen LogP contribution in [0.2, 0.25) is 0 Å². The van der Waals surface area contributed by atoms with Crippen molar-refractivity contribution in [2.24, 2.45) is 11.3 Å². The van der Waals surface area contributed by atoms with Gasteiger partial charge in [0.1, 0.15) is 0 Å². The smallest absolute Gasteiger partial charge is 0.246 e. The number of nitrogens with zero attached hydrogens (tertiary/aromatic N) is 1. The number of hydrogen-bond acceptors (Lipinski definition) is 3. The first-order chi connectivity index (χ1) is 11.7. The molecule has 1 saturated carbocycles. The maximum atomic E-state index is 12.8. The van der Waals surface area contributed by atoms with E-state index in [0.29, 0.717) is 12.5 Å². The largest absolute Gasteiger partial charge is 0.346 e. The fourth-order valence-electron chi connectivity index (χ4n) is 4.72. The van der Waals surface area contributed by atoms with Crippen LogP contribution in [0.25, 0.3) is 0 Å². The van der Waals surface area contributed by atoms with Crippen molar-refractivity contribution in [2.45, 2.75) is 32.1 Å². The van der Waals surface area contributed by atoms with Gasteiger partial charge in [0.15, 0.2) is 0 Å². The van der Waals surface area contributed by atoms with Gasteiger partial charge in [-0.15, -0.1) is 0 Å². The zero-order valence-electron chi connectivity index (χ0n) is 14.0. The van der Waals surface area contributed by atoms with Crippen LogP contribution in [-0.2, 0) is 16.0 Å². The Morgan fingerprint density at radius 1 is 1.29 bits per heavy atom. The third-order valence-corrected chi connectivity index (χ3v) is 6.08. The molecule has 0 bridgehead atoms. The molecule has 2 N–H and O–H groups in total. The Morgan fingerprint density at radius 3 is 3.08 bits per heavy atom. The number of nitrogens with one attached hydrogen (secondary N) is 2. The molecule has 2 atom stereocenters. The molecule has 24 heavy (non-hydrogen) atoms. The van der Waals surface area contributed by atoms with Crippen molar-refractivity contribution in [3.63, 3.8) is 0 Å². The summed E-state index contributed by atoms with van der Waals surface area (Å²) in [6.45, 7) is 2.50. The van der Waals surface area contributed by atoms with Gasteiger partial charge in [-0.05, 0) is 43.4 Å². The van der Waals surface area contributed by atoms with E-state index in [1.165, 1.54) is 12.0 Å². The fourth-order valence-corrected chi connectivity index (χ4v) is 4.72. The van der Waals surface area contributed by atoms with Gasteiger partial charge in [-0.25, -0.2) is 0 Å². The van der Waals surface area contributed by atoms with E-state index in [9.17, 15) is 9.59 Å². The molecule has 1 aromatic rings. The molecule has 2 heterocycles. The zero-order chi connectivity index (χ0) is 16.6. The van der Waals surface area contributed by atoms with Crippen molar-refractivity contribution in [1.82, 2.24) is 10.6 Å². The van der Waals surface area contributed by atoms with E-state index < -0.39 is 0 Å². The van der Waals surface area contributed by atoms with Gasteiger partial charge in [0.2, 0.25) is 11.8 Å². The lowest BCUT2D eigenvalue weighted by Crippen LogP contribution is -2.50.